The lowest BCUT2D eigenvalue weighted by atomic mass is 9.96. The Morgan fingerprint density at radius 2 is 2.00 bits per heavy atom. The molecule has 0 saturated carbocycles. The molecule has 2 heterocycles. The van der Waals surface area contributed by atoms with Gasteiger partial charge in [0, 0.05) is 34.7 Å². The van der Waals surface area contributed by atoms with Gasteiger partial charge in [-0.25, -0.2) is 0 Å². The van der Waals surface area contributed by atoms with Gasteiger partial charge in [-0.15, -0.1) is 0 Å². The number of anilines is 1. The van der Waals surface area contributed by atoms with Crippen LogP contribution in [-0.2, 0) is 4.79 Å². The molecule has 1 aromatic heterocycles. The number of hydrogen-bond donors (Lipinski definition) is 2. The number of aromatic amines is 1. The summed E-state index contributed by atoms with van der Waals surface area (Å²) in [7, 11) is 0. The SMILES string of the molecule is O=C(Nc1ccc(Cl)cc1)C1CCCN(C(=O)c2ccc3cn[nH]c3c2)C1. The summed E-state index contributed by atoms with van der Waals surface area (Å²) in [5.41, 5.74) is 2.14. The molecule has 1 aliphatic rings. The second-order valence-corrected chi connectivity index (χ2v) is 7.19. The molecule has 138 valence electrons. The minimum Gasteiger partial charge on any atom is -0.338 e. The second-order valence-electron chi connectivity index (χ2n) is 6.76. The average molecular weight is 383 g/mol. The van der Waals surface area contributed by atoms with Crippen LogP contribution >= 0.6 is 11.6 Å². The number of halogens is 1. The summed E-state index contributed by atoms with van der Waals surface area (Å²) >= 11 is 5.88. The third-order valence-corrected chi connectivity index (χ3v) is 5.13. The van der Waals surface area contributed by atoms with Crippen LogP contribution in [0.5, 0.6) is 0 Å². The first-order valence-electron chi connectivity index (χ1n) is 8.89. The molecule has 0 bridgehead atoms. The molecule has 2 aromatic carbocycles. The van der Waals surface area contributed by atoms with Crippen molar-refractivity contribution >= 4 is 40.0 Å². The Kier molecular flexibility index (Phi) is 4.81. The zero-order valence-corrected chi connectivity index (χ0v) is 15.4. The molecule has 7 heteroatoms. The van der Waals surface area contributed by atoms with E-state index in [0.717, 1.165) is 23.7 Å². The van der Waals surface area contributed by atoms with Gasteiger partial charge in [-0.1, -0.05) is 17.7 Å². The predicted molar refractivity (Wildman–Crippen MR) is 105 cm³/mol. The first-order chi connectivity index (χ1) is 13.1. The molecule has 1 unspecified atom stereocenters. The van der Waals surface area contributed by atoms with Crippen LogP contribution in [0.2, 0.25) is 5.02 Å². The summed E-state index contributed by atoms with van der Waals surface area (Å²) in [5.74, 6) is -0.358. The van der Waals surface area contributed by atoms with Gasteiger partial charge in [0.25, 0.3) is 5.91 Å². The van der Waals surface area contributed by atoms with E-state index < -0.39 is 0 Å². The number of hydrogen-bond acceptors (Lipinski definition) is 3. The highest BCUT2D eigenvalue weighted by molar-refractivity contribution is 6.30. The molecule has 1 fully saturated rings. The summed E-state index contributed by atoms with van der Waals surface area (Å²) in [6.45, 7) is 1.07. The molecule has 0 aliphatic carbocycles. The molecule has 4 rings (SSSR count). The van der Waals surface area contributed by atoms with Gasteiger partial charge in [-0.2, -0.15) is 5.10 Å². The number of carbonyl (C=O) groups excluding carboxylic acids is 2. The Morgan fingerprint density at radius 3 is 2.81 bits per heavy atom. The molecule has 1 saturated heterocycles. The van der Waals surface area contributed by atoms with Crippen molar-refractivity contribution < 1.29 is 9.59 Å². The zero-order chi connectivity index (χ0) is 18.8. The van der Waals surface area contributed by atoms with Crippen molar-refractivity contribution in [2.75, 3.05) is 18.4 Å². The monoisotopic (exact) mass is 382 g/mol. The minimum absolute atomic E-state index is 0.0597. The summed E-state index contributed by atoms with van der Waals surface area (Å²) in [5, 5.41) is 11.4. The van der Waals surface area contributed by atoms with Crippen molar-refractivity contribution in [2.24, 2.45) is 5.92 Å². The fourth-order valence-corrected chi connectivity index (χ4v) is 3.53. The molecule has 2 amide bonds. The number of likely N-dealkylation sites (tertiary alicyclic amines) is 1. The quantitative estimate of drug-likeness (QED) is 0.724. The molecular weight excluding hydrogens is 364 g/mol. The van der Waals surface area contributed by atoms with Crippen LogP contribution in [0.25, 0.3) is 10.9 Å². The lowest BCUT2D eigenvalue weighted by Crippen LogP contribution is -2.43. The van der Waals surface area contributed by atoms with Crippen molar-refractivity contribution in [1.82, 2.24) is 15.1 Å². The highest BCUT2D eigenvalue weighted by atomic mass is 35.5. The first-order valence-corrected chi connectivity index (χ1v) is 9.27. The van der Waals surface area contributed by atoms with Gasteiger partial charge < -0.3 is 10.2 Å². The molecule has 27 heavy (non-hydrogen) atoms. The van der Waals surface area contributed by atoms with Crippen LogP contribution in [0.1, 0.15) is 23.2 Å². The Bertz CT molecular complexity index is 983. The number of nitrogens with zero attached hydrogens (tertiary/aromatic N) is 2. The molecule has 1 atom stereocenters. The summed E-state index contributed by atoms with van der Waals surface area (Å²) < 4.78 is 0. The number of H-pyrrole nitrogens is 1. The fraction of sp³-hybridized carbons (Fsp3) is 0.250. The zero-order valence-electron chi connectivity index (χ0n) is 14.6. The minimum atomic E-state index is -0.228. The van der Waals surface area contributed by atoms with Crippen molar-refractivity contribution in [3.05, 3.63) is 59.2 Å². The molecule has 3 aromatic rings. The number of rotatable bonds is 3. The highest BCUT2D eigenvalue weighted by Gasteiger charge is 2.29. The standard InChI is InChI=1S/C20H19ClN4O2/c21-16-5-7-17(8-6-16)23-19(26)15-2-1-9-25(12-15)20(27)13-3-4-14-11-22-24-18(14)10-13/h3-8,10-11,15H,1-2,9,12H2,(H,22,24)(H,23,26). The fourth-order valence-electron chi connectivity index (χ4n) is 3.41. The number of amides is 2. The number of benzene rings is 2. The van der Waals surface area contributed by atoms with Crippen molar-refractivity contribution in [2.45, 2.75) is 12.8 Å². The number of piperidine rings is 1. The van der Waals surface area contributed by atoms with Crippen molar-refractivity contribution in [1.29, 1.82) is 0 Å². The van der Waals surface area contributed by atoms with Gasteiger partial charge in [0.2, 0.25) is 5.91 Å². The number of nitrogens with one attached hydrogen (secondary N) is 2. The number of fused-ring (bicyclic) bond motifs is 1. The number of aromatic nitrogens is 2. The van der Waals surface area contributed by atoms with Crippen LogP contribution < -0.4 is 5.32 Å². The summed E-state index contributed by atoms with van der Waals surface area (Å²) in [6.07, 6.45) is 3.29. The number of carbonyl (C=O) groups is 2. The molecule has 2 N–H and O–H groups in total. The van der Waals surface area contributed by atoms with Gasteiger partial charge in [0.05, 0.1) is 17.6 Å². The maximum absolute atomic E-state index is 12.9. The maximum atomic E-state index is 12.9. The largest absolute Gasteiger partial charge is 0.338 e. The highest BCUT2D eigenvalue weighted by Crippen LogP contribution is 2.22. The van der Waals surface area contributed by atoms with E-state index in [0.29, 0.717) is 29.4 Å². The Labute approximate surface area is 161 Å². The topological polar surface area (TPSA) is 78.1 Å². The average Bonchev–Trinajstić information content (AvgIpc) is 3.17. The van der Waals surface area contributed by atoms with Gasteiger partial charge in [-0.05, 0) is 49.2 Å². The predicted octanol–water partition coefficient (Wildman–Crippen LogP) is 3.71. The van der Waals surface area contributed by atoms with E-state index in [1.165, 1.54) is 0 Å². The Balaban J connectivity index is 1.44. The lowest BCUT2D eigenvalue weighted by Gasteiger charge is -2.32. The van der Waals surface area contributed by atoms with Gasteiger partial charge in [0.1, 0.15) is 0 Å². The van der Waals surface area contributed by atoms with E-state index in [4.69, 9.17) is 11.6 Å². The second kappa shape index (κ2) is 7.40. The van der Waals surface area contributed by atoms with E-state index in [1.54, 1.807) is 41.4 Å². The molecule has 6 nitrogen and oxygen atoms in total. The van der Waals surface area contributed by atoms with E-state index in [1.807, 2.05) is 12.1 Å². The van der Waals surface area contributed by atoms with Crippen LogP contribution in [0, 0.1) is 5.92 Å². The van der Waals surface area contributed by atoms with E-state index >= 15 is 0 Å². The summed E-state index contributed by atoms with van der Waals surface area (Å²) in [6, 6.07) is 12.5. The summed E-state index contributed by atoms with van der Waals surface area (Å²) in [4.78, 5) is 27.2. The van der Waals surface area contributed by atoms with E-state index in [-0.39, 0.29) is 17.7 Å². The van der Waals surface area contributed by atoms with Gasteiger partial charge in [0.15, 0.2) is 0 Å². The first kappa shape index (κ1) is 17.5. The van der Waals surface area contributed by atoms with Crippen LogP contribution in [0.4, 0.5) is 5.69 Å². The van der Waals surface area contributed by atoms with Crippen LogP contribution in [0.3, 0.4) is 0 Å². The molecule has 0 radical (unpaired) electrons. The molecule has 1 aliphatic heterocycles. The molecule has 0 spiro atoms. The van der Waals surface area contributed by atoms with Crippen LogP contribution in [-0.4, -0.2) is 40.0 Å². The third-order valence-electron chi connectivity index (χ3n) is 4.88. The van der Waals surface area contributed by atoms with Crippen molar-refractivity contribution in [3.63, 3.8) is 0 Å². The van der Waals surface area contributed by atoms with Gasteiger partial charge in [-0.3, -0.25) is 14.7 Å². The van der Waals surface area contributed by atoms with Gasteiger partial charge >= 0.3 is 0 Å². The van der Waals surface area contributed by atoms with Crippen molar-refractivity contribution in [3.8, 4) is 0 Å². The lowest BCUT2D eigenvalue weighted by molar-refractivity contribution is -0.121. The smallest absolute Gasteiger partial charge is 0.253 e. The molecular formula is C20H19ClN4O2. The van der Waals surface area contributed by atoms with Crippen LogP contribution in [0.15, 0.2) is 48.7 Å². The van der Waals surface area contributed by atoms with E-state index in [9.17, 15) is 9.59 Å². The maximum Gasteiger partial charge on any atom is 0.253 e. The normalized spacial score (nSPS) is 17.1. The Morgan fingerprint density at radius 1 is 1.19 bits per heavy atom. The third kappa shape index (κ3) is 3.80. The Hall–Kier alpha value is -2.86. The van der Waals surface area contributed by atoms with E-state index in [2.05, 4.69) is 15.5 Å².